The quantitative estimate of drug-likeness (QED) is 0.0324. The second kappa shape index (κ2) is 44.9. The van der Waals surface area contributed by atoms with Gasteiger partial charge in [0.05, 0.1) is 25.2 Å². The number of carbonyl (C=O) groups is 2. The van der Waals surface area contributed by atoms with Crippen LogP contribution in [0.2, 0.25) is 0 Å². The molecule has 0 rings (SSSR count). The van der Waals surface area contributed by atoms with E-state index in [1.54, 1.807) is 0 Å². The lowest BCUT2D eigenvalue weighted by Crippen LogP contribution is -2.46. The molecule has 1 amide bonds. The molecule has 57 heavy (non-hydrogen) atoms. The molecule has 6 heteroatoms. The Balaban J connectivity index is 4.63. The van der Waals surface area contributed by atoms with Gasteiger partial charge in [-0.25, -0.2) is 0 Å². The van der Waals surface area contributed by atoms with Crippen molar-refractivity contribution in [1.82, 2.24) is 5.32 Å². The first kappa shape index (κ1) is 54.8. The number of carbonyl (C=O) groups excluding carboxylic acids is 2. The predicted molar refractivity (Wildman–Crippen MR) is 245 cm³/mol. The summed E-state index contributed by atoms with van der Waals surface area (Å²) in [6.07, 6.45) is 53.2. The Labute approximate surface area is 353 Å². The second-order valence-corrected chi connectivity index (χ2v) is 16.5. The van der Waals surface area contributed by atoms with Gasteiger partial charge in [0.2, 0.25) is 5.91 Å². The van der Waals surface area contributed by atoms with E-state index in [1.165, 1.54) is 116 Å². The van der Waals surface area contributed by atoms with Gasteiger partial charge >= 0.3 is 5.97 Å². The Bertz CT molecular complexity index is 988. The Hall–Kier alpha value is -2.18. The zero-order valence-electron chi connectivity index (χ0n) is 37.7. The third-order valence-corrected chi connectivity index (χ3v) is 10.9. The molecular weight excluding hydrogens is 707 g/mol. The van der Waals surface area contributed by atoms with Crippen molar-refractivity contribution >= 4 is 11.9 Å². The number of allylic oxidation sites excluding steroid dienone is 8. The van der Waals surface area contributed by atoms with Crippen molar-refractivity contribution in [3.63, 3.8) is 0 Å². The number of esters is 1. The fourth-order valence-corrected chi connectivity index (χ4v) is 7.25. The van der Waals surface area contributed by atoms with Crippen molar-refractivity contribution in [3.05, 3.63) is 48.6 Å². The Morgan fingerprint density at radius 2 is 0.947 bits per heavy atom. The number of aliphatic hydroxyl groups is 2. The summed E-state index contributed by atoms with van der Waals surface area (Å²) >= 11 is 0. The SMILES string of the molecule is CC/C=C/C/C=C/C/C=C/C/C=C/CCCC(CC(=O)NC(CO)C(O)CCCCCCCCCCCCCCCC)OC(=O)CCCCCCCCCCCC. The monoisotopic (exact) mass is 800 g/mol. The van der Waals surface area contributed by atoms with E-state index in [4.69, 9.17) is 4.74 Å². The summed E-state index contributed by atoms with van der Waals surface area (Å²) in [5.41, 5.74) is 0. The first-order chi connectivity index (χ1) is 28.0. The highest BCUT2D eigenvalue weighted by Gasteiger charge is 2.24. The van der Waals surface area contributed by atoms with E-state index in [1.807, 2.05) is 0 Å². The van der Waals surface area contributed by atoms with Gasteiger partial charge in [-0.3, -0.25) is 9.59 Å². The van der Waals surface area contributed by atoms with Crippen LogP contribution < -0.4 is 5.32 Å². The lowest BCUT2D eigenvalue weighted by molar-refractivity contribution is -0.151. The number of hydrogen-bond donors (Lipinski definition) is 3. The maximum atomic E-state index is 13.1. The number of hydrogen-bond acceptors (Lipinski definition) is 5. The van der Waals surface area contributed by atoms with E-state index in [2.05, 4.69) is 74.7 Å². The van der Waals surface area contributed by atoms with Gasteiger partial charge in [0.1, 0.15) is 6.10 Å². The summed E-state index contributed by atoms with van der Waals surface area (Å²) in [6.45, 7) is 6.34. The first-order valence-electron chi connectivity index (χ1n) is 24.4. The van der Waals surface area contributed by atoms with E-state index in [-0.39, 0.29) is 24.9 Å². The fourth-order valence-electron chi connectivity index (χ4n) is 7.25. The molecule has 0 aliphatic heterocycles. The number of ether oxygens (including phenoxy) is 1. The molecule has 0 aliphatic carbocycles. The van der Waals surface area contributed by atoms with Crippen LogP contribution in [0.1, 0.15) is 239 Å². The molecule has 0 fully saturated rings. The number of aliphatic hydroxyl groups excluding tert-OH is 2. The molecule has 0 aromatic rings. The standard InChI is InChI=1S/C51H93NO5/c1-4-7-10-13-16-19-22-24-26-28-30-33-36-39-42-47(57-51(56)44-41-38-35-32-21-18-15-12-9-6-3)45-50(55)52-48(46-53)49(54)43-40-37-34-31-29-27-25-23-20-17-14-11-8-5-2/h7,10,16,19,24,26,30,33,47-49,53-54H,4-6,8-9,11-15,17-18,20-23,25,27-29,31-32,34-46H2,1-3H3,(H,52,55)/b10-7+,19-16+,26-24+,33-30+. The van der Waals surface area contributed by atoms with E-state index in [0.29, 0.717) is 19.3 Å². The predicted octanol–water partition coefficient (Wildman–Crippen LogP) is 14.3. The van der Waals surface area contributed by atoms with Crippen LogP contribution in [0.4, 0.5) is 0 Å². The van der Waals surface area contributed by atoms with E-state index in [0.717, 1.165) is 77.0 Å². The molecule has 3 N–H and O–H groups in total. The molecule has 0 aromatic carbocycles. The number of rotatable bonds is 43. The van der Waals surface area contributed by atoms with Crippen LogP contribution in [-0.4, -0.2) is 46.9 Å². The fraction of sp³-hybridized carbons (Fsp3) is 0.804. The minimum atomic E-state index is -0.799. The van der Waals surface area contributed by atoms with Crippen molar-refractivity contribution in [2.45, 2.75) is 257 Å². The normalized spacial score (nSPS) is 13.7. The highest BCUT2D eigenvalue weighted by molar-refractivity contribution is 5.77. The van der Waals surface area contributed by atoms with Crippen molar-refractivity contribution < 1.29 is 24.5 Å². The smallest absolute Gasteiger partial charge is 0.306 e. The van der Waals surface area contributed by atoms with E-state index in [9.17, 15) is 19.8 Å². The largest absolute Gasteiger partial charge is 0.462 e. The third kappa shape index (κ3) is 40.4. The average molecular weight is 800 g/mol. The maximum absolute atomic E-state index is 13.1. The maximum Gasteiger partial charge on any atom is 0.306 e. The molecule has 332 valence electrons. The first-order valence-corrected chi connectivity index (χ1v) is 24.4. The lowest BCUT2D eigenvalue weighted by Gasteiger charge is -2.24. The van der Waals surface area contributed by atoms with Crippen LogP contribution in [0.15, 0.2) is 48.6 Å². The van der Waals surface area contributed by atoms with Crippen LogP contribution >= 0.6 is 0 Å². The summed E-state index contributed by atoms with van der Waals surface area (Å²) in [6, 6.07) is -0.716. The molecule has 0 spiro atoms. The molecule has 3 atom stereocenters. The van der Waals surface area contributed by atoms with Crippen LogP contribution in [0.5, 0.6) is 0 Å². The van der Waals surface area contributed by atoms with Gasteiger partial charge < -0.3 is 20.3 Å². The summed E-state index contributed by atoms with van der Waals surface area (Å²) in [7, 11) is 0. The van der Waals surface area contributed by atoms with Gasteiger partial charge in [0.25, 0.3) is 0 Å². The summed E-state index contributed by atoms with van der Waals surface area (Å²) < 4.78 is 5.88. The molecule has 0 heterocycles. The van der Waals surface area contributed by atoms with Crippen LogP contribution in [0, 0.1) is 0 Å². The van der Waals surface area contributed by atoms with Crippen LogP contribution in [0.25, 0.3) is 0 Å². The van der Waals surface area contributed by atoms with Gasteiger partial charge in [-0.15, -0.1) is 0 Å². The van der Waals surface area contributed by atoms with Gasteiger partial charge in [0, 0.05) is 6.42 Å². The van der Waals surface area contributed by atoms with Gasteiger partial charge in [-0.1, -0.05) is 217 Å². The topological polar surface area (TPSA) is 95.9 Å². The van der Waals surface area contributed by atoms with Crippen LogP contribution in [-0.2, 0) is 14.3 Å². The molecule has 3 unspecified atom stereocenters. The summed E-state index contributed by atoms with van der Waals surface area (Å²) in [5.74, 6) is -0.526. The molecule has 6 nitrogen and oxygen atoms in total. The minimum Gasteiger partial charge on any atom is -0.462 e. The highest BCUT2D eigenvalue weighted by atomic mass is 16.5. The number of unbranched alkanes of at least 4 members (excludes halogenated alkanes) is 23. The molecule has 0 saturated carbocycles. The third-order valence-electron chi connectivity index (χ3n) is 10.9. The number of nitrogens with one attached hydrogen (secondary N) is 1. The minimum absolute atomic E-state index is 0.0417. The Morgan fingerprint density at radius 3 is 1.40 bits per heavy atom. The Morgan fingerprint density at radius 1 is 0.526 bits per heavy atom. The lowest BCUT2D eigenvalue weighted by atomic mass is 10.0. The number of amides is 1. The molecule has 0 aromatic heterocycles. The van der Waals surface area contributed by atoms with Gasteiger partial charge in [-0.2, -0.15) is 0 Å². The van der Waals surface area contributed by atoms with Gasteiger partial charge in [0.15, 0.2) is 0 Å². The van der Waals surface area contributed by atoms with E-state index >= 15 is 0 Å². The highest BCUT2D eigenvalue weighted by Crippen LogP contribution is 2.17. The molecule has 0 aliphatic rings. The summed E-state index contributed by atoms with van der Waals surface area (Å²) in [4.78, 5) is 26.0. The Kier molecular flexibility index (Phi) is 43.2. The average Bonchev–Trinajstić information content (AvgIpc) is 3.20. The molecule has 0 saturated heterocycles. The van der Waals surface area contributed by atoms with Crippen molar-refractivity contribution in [1.29, 1.82) is 0 Å². The zero-order chi connectivity index (χ0) is 41.7. The van der Waals surface area contributed by atoms with Crippen molar-refractivity contribution in [2.75, 3.05) is 6.61 Å². The second-order valence-electron chi connectivity index (χ2n) is 16.5. The zero-order valence-corrected chi connectivity index (χ0v) is 37.7. The van der Waals surface area contributed by atoms with Crippen molar-refractivity contribution in [2.24, 2.45) is 0 Å². The van der Waals surface area contributed by atoms with E-state index < -0.39 is 18.2 Å². The summed E-state index contributed by atoms with van der Waals surface area (Å²) in [5, 5.41) is 23.7. The molecular formula is C51H93NO5. The molecule has 0 radical (unpaired) electrons. The molecule has 0 bridgehead atoms. The van der Waals surface area contributed by atoms with Gasteiger partial charge in [-0.05, 0) is 57.8 Å². The van der Waals surface area contributed by atoms with Crippen molar-refractivity contribution in [3.8, 4) is 0 Å². The van der Waals surface area contributed by atoms with Crippen LogP contribution in [0.3, 0.4) is 0 Å².